The molecule has 0 aromatic heterocycles. The van der Waals surface area contributed by atoms with Crippen LogP contribution in [0.3, 0.4) is 0 Å². The van der Waals surface area contributed by atoms with Crippen molar-refractivity contribution in [3.8, 4) is 0 Å². The molecule has 0 heterocycles. The Morgan fingerprint density at radius 1 is 1.25 bits per heavy atom. The molecule has 1 atom stereocenters. The molecule has 0 aromatic carbocycles. The Kier molecular flexibility index (Phi) is 7.41. The Morgan fingerprint density at radius 2 is 1.88 bits per heavy atom. The lowest BCUT2D eigenvalue weighted by atomic mass is 10.2. The highest BCUT2D eigenvalue weighted by molar-refractivity contribution is 5.94. The van der Waals surface area contributed by atoms with Crippen LogP contribution < -0.4 is 0 Å². The summed E-state index contributed by atoms with van der Waals surface area (Å²) in [6.45, 7) is 3.50. The van der Waals surface area contributed by atoms with Crippen LogP contribution in [0.25, 0.3) is 0 Å². The first-order valence-electron chi connectivity index (χ1n) is 4.88. The van der Waals surface area contributed by atoms with Crippen LogP contribution in [0.15, 0.2) is 11.6 Å². The summed E-state index contributed by atoms with van der Waals surface area (Å²) in [4.78, 5) is 21.9. The van der Waals surface area contributed by atoms with Crippen molar-refractivity contribution in [1.29, 1.82) is 0 Å². The molecule has 0 aliphatic rings. The van der Waals surface area contributed by atoms with Crippen molar-refractivity contribution in [2.24, 2.45) is 0 Å². The van der Waals surface area contributed by atoms with Gasteiger partial charge in [0.2, 0.25) is 6.29 Å². The van der Waals surface area contributed by atoms with E-state index in [9.17, 15) is 9.59 Å². The van der Waals surface area contributed by atoms with Crippen LogP contribution in [0.2, 0.25) is 0 Å². The third-order valence-electron chi connectivity index (χ3n) is 1.79. The fourth-order valence-corrected chi connectivity index (χ4v) is 1.00. The number of hydrogen-bond donors (Lipinski definition) is 0. The van der Waals surface area contributed by atoms with Gasteiger partial charge in [0.15, 0.2) is 0 Å². The molecule has 0 bridgehead atoms. The standard InChI is InChI=1S/C11H18O5/c1-8(5-6-14-3)11(15-4)16-10(13)7-9(2)12/h5,11H,6-7H2,1-4H3. The van der Waals surface area contributed by atoms with E-state index >= 15 is 0 Å². The maximum atomic E-state index is 11.2. The summed E-state index contributed by atoms with van der Waals surface area (Å²) in [5, 5.41) is 0. The highest BCUT2D eigenvalue weighted by Crippen LogP contribution is 2.08. The fourth-order valence-electron chi connectivity index (χ4n) is 1.00. The number of hydrogen-bond acceptors (Lipinski definition) is 5. The van der Waals surface area contributed by atoms with Gasteiger partial charge in [0.05, 0.1) is 6.61 Å². The SMILES string of the molecule is COCC=C(C)C(OC)OC(=O)CC(C)=O. The van der Waals surface area contributed by atoms with Gasteiger partial charge in [0.1, 0.15) is 12.2 Å². The highest BCUT2D eigenvalue weighted by Gasteiger charge is 2.16. The van der Waals surface area contributed by atoms with Crippen LogP contribution in [0.1, 0.15) is 20.3 Å². The smallest absolute Gasteiger partial charge is 0.315 e. The number of carbonyl (C=O) groups is 2. The van der Waals surface area contributed by atoms with E-state index in [1.807, 2.05) is 0 Å². The first-order valence-corrected chi connectivity index (χ1v) is 4.88. The lowest BCUT2D eigenvalue weighted by Crippen LogP contribution is -2.22. The number of ketones is 1. The molecule has 0 radical (unpaired) electrons. The fraction of sp³-hybridized carbons (Fsp3) is 0.636. The minimum atomic E-state index is -0.762. The first kappa shape index (κ1) is 14.8. The van der Waals surface area contributed by atoms with Crippen molar-refractivity contribution in [2.75, 3.05) is 20.8 Å². The van der Waals surface area contributed by atoms with Gasteiger partial charge in [0, 0.05) is 14.2 Å². The van der Waals surface area contributed by atoms with Crippen molar-refractivity contribution in [2.45, 2.75) is 26.6 Å². The Bertz CT molecular complexity index is 270. The number of esters is 1. The molecule has 0 saturated heterocycles. The van der Waals surface area contributed by atoms with Crippen molar-refractivity contribution >= 4 is 11.8 Å². The van der Waals surface area contributed by atoms with Gasteiger partial charge in [-0.15, -0.1) is 0 Å². The molecule has 0 saturated carbocycles. The Balaban J connectivity index is 4.28. The molecule has 0 amide bonds. The summed E-state index contributed by atoms with van der Waals surface area (Å²) in [5.74, 6) is -0.831. The van der Waals surface area contributed by atoms with E-state index in [-0.39, 0.29) is 12.2 Å². The van der Waals surface area contributed by atoms with E-state index in [2.05, 4.69) is 0 Å². The highest BCUT2D eigenvalue weighted by atomic mass is 16.7. The predicted molar refractivity (Wildman–Crippen MR) is 57.8 cm³/mol. The van der Waals surface area contributed by atoms with Crippen molar-refractivity contribution in [3.63, 3.8) is 0 Å². The van der Waals surface area contributed by atoms with Crippen LogP contribution >= 0.6 is 0 Å². The molecule has 0 aromatic rings. The molecule has 0 rings (SSSR count). The van der Waals surface area contributed by atoms with Gasteiger partial charge in [-0.3, -0.25) is 9.59 Å². The average Bonchev–Trinajstić information content (AvgIpc) is 2.21. The van der Waals surface area contributed by atoms with Gasteiger partial charge in [-0.25, -0.2) is 0 Å². The van der Waals surface area contributed by atoms with E-state index in [1.54, 1.807) is 20.1 Å². The summed E-state index contributed by atoms with van der Waals surface area (Å²) in [6, 6.07) is 0. The Morgan fingerprint density at radius 3 is 2.31 bits per heavy atom. The molecule has 16 heavy (non-hydrogen) atoms. The lowest BCUT2D eigenvalue weighted by molar-refractivity contribution is -0.167. The Labute approximate surface area is 95.4 Å². The van der Waals surface area contributed by atoms with E-state index < -0.39 is 12.3 Å². The van der Waals surface area contributed by atoms with E-state index in [4.69, 9.17) is 14.2 Å². The molecular weight excluding hydrogens is 212 g/mol. The van der Waals surface area contributed by atoms with E-state index in [0.29, 0.717) is 6.61 Å². The molecule has 0 aliphatic carbocycles. The topological polar surface area (TPSA) is 61.8 Å². The summed E-state index contributed by atoms with van der Waals surface area (Å²) in [6.07, 6.45) is 0.745. The van der Waals surface area contributed by atoms with Crippen molar-refractivity contribution < 1.29 is 23.8 Å². The third-order valence-corrected chi connectivity index (χ3v) is 1.79. The van der Waals surface area contributed by atoms with Crippen LogP contribution in [-0.2, 0) is 23.8 Å². The van der Waals surface area contributed by atoms with Gasteiger partial charge >= 0.3 is 5.97 Å². The number of carbonyl (C=O) groups excluding carboxylic acids is 2. The van der Waals surface area contributed by atoms with E-state index in [1.165, 1.54) is 14.0 Å². The number of Topliss-reactive ketones (excluding diaryl/α,β-unsaturated/α-hetero) is 1. The minimum Gasteiger partial charge on any atom is -0.431 e. The second-order valence-electron chi connectivity index (χ2n) is 3.34. The van der Waals surface area contributed by atoms with Crippen LogP contribution in [0.5, 0.6) is 0 Å². The van der Waals surface area contributed by atoms with Crippen LogP contribution in [0.4, 0.5) is 0 Å². The second kappa shape index (κ2) is 8.01. The van der Waals surface area contributed by atoms with Gasteiger partial charge in [-0.05, 0) is 19.4 Å². The predicted octanol–water partition coefficient (Wildman–Crippen LogP) is 1.07. The zero-order chi connectivity index (χ0) is 12.6. The Hall–Kier alpha value is -1.20. The molecule has 0 spiro atoms. The molecule has 1 unspecified atom stereocenters. The molecule has 5 nitrogen and oxygen atoms in total. The van der Waals surface area contributed by atoms with Crippen molar-refractivity contribution in [3.05, 3.63) is 11.6 Å². The third kappa shape index (κ3) is 6.31. The zero-order valence-electron chi connectivity index (χ0n) is 10.1. The van der Waals surface area contributed by atoms with Crippen molar-refractivity contribution in [1.82, 2.24) is 0 Å². The molecule has 0 fully saturated rings. The van der Waals surface area contributed by atoms with E-state index in [0.717, 1.165) is 5.57 Å². The summed E-state index contributed by atoms with van der Waals surface area (Å²) in [5.41, 5.74) is 0.723. The largest absolute Gasteiger partial charge is 0.431 e. The normalized spacial score (nSPS) is 13.4. The minimum absolute atomic E-state index is 0.238. The maximum Gasteiger partial charge on any atom is 0.315 e. The van der Waals surface area contributed by atoms with Crippen LogP contribution in [-0.4, -0.2) is 38.9 Å². The summed E-state index contributed by atoms with van der Waals surface area (Å²) in [7, 11) is 2.99. The van der Waals surface area contributed by atoms with Gasteiger partial charge in [0.25, 0.3) is 0 Å². The molecular formula is C11H18O5. The lowest BCUT2D eigenvalue weighted by Gasteiger charge is -2.16. The van der Waals surface area contributed by atoms with Crippen LogP contribution in [0, 0.1) is 0 Å². The number of methoxy groups -OCH3 is 2. The van der Waals surface area contributed by atoms with Gasteiger partial charge in [-0.1, -0.05) is 6.08 Å². The molecule has 0 aliphatic heterocycles. The van der Waals surface area contributed by atoms with Gasteiger partial charge in [-0.2, -0.15) is 0 Å². The average molecular weight is 230 g/mol. The monoisotopic (exact) mass is 230 g/mol. The summed E-state index contributed by atoms with van der Waals surface area (Å²) < 4.78 is 14.8. The quantitative estimate of drug-likeness (QED) is 0.283. The molecule has 0 N–H and O–H groups in total. The first-order chi connectivity index (χ1) is 7.51. The molecule has 5 heteroatoms. The second-order valence-corrected chi connectivity index (χ2v) is 3.34. The number of rotatable bonds is 7. The zero-order valence-corrected chi connectivity index (χ0v) is 10.1. The summed E-state index contributed by atoms with van der Waals surface area (Å²) >= 11 is 0. The molecule has 92 valence electrons. The maximum absolute atomic E-state index is 11.2. The van der Waals surface area contributed by atoms with Gasteiger partial charge < -0.3 is 14.2 Å². The number of ether oxygens (including phenoxy) is 3.